The van der Waals surface area contributed by atoms with Gasteiger partial charge in [0.05, 0.1) is 0 Å². The minimum Gasteiger partial charge on any atom is -0.350 e. The molecule has 1 aromatic carbocycles. The summed E-state index contributed by atoms with van der Waals surface area (Å²) >= 11 is 0. The Morgan fingerprint density at radius 1 is 1.08 bits per heavy atom. The van der Waals surface area contributed by atoms with E-state index < -0.39 is 18.1 Å². The fourth-order valence-corrected chi connectivity index (χ4v) is 3.34. The molecule has 0 bridgehead atoms. The molecule has 0 unspecified atom stereocenters. The van der Waals surface area contributed by atoms with Gasteiger partial charge in [-0.3, -0.25) is 9.59 Å². The number of carbonyl (C=O) groups excluding carboxylic acids is 2. The number of aryl methyl sites for hydroxylation is 1. The average molecular weight is 367 g/mol. The van der Waals surface area contributed by atoms with Crippen molar-refractivity contribution in [2.45, 2.75) is 50.9 Å². The van der Waals surface area contributed by atoms with Crippen molar-refractivity contribution in [3.8, 4) is 0 Å². The van der Waals surface area contributed by atoms with Crippen LogP contribution >= 0.6 is 0 Å². The van der Waals surface area contributed by atoms with Crippen molar-refractivity contribution in [2.75, 3.05) is 0 Å². The van der Waals surface area contributed by atoms with Crippen LogP contribution in [0.4, 0.5) is 13.2 Å². The summed E-state index contributed by atoms with van der Waals surface area (Å²) in [4.78, 5) is 26.5. The molecule has 3 rings (SSSR count). The molecule has 0 radical (unpaired) electrons. The summed E-state index contributed by atoms with van der Waals surface area (Å²) in [6.45, 7) is 1.96. The molecule has 1 fully saturated rings. The van der Waals surface area contributed by atoms with Gasteiger partial charge >= 0.3 is 12.1 Å². The van der Waals surface area contributed by atoms with Gasteiger partial charge in [0.15, 0.2) is 0 Å². The van der Waals surface area contributed by atoms with Crippen molar-refractivity contribution < 1.29 is 22.8 Å². The van der Waals surface area contributed by atoms with Gasteiger partial charge in [-0.05, 0) is 44.2 Å². The zero-order valence-corrected chi connectivity index (χ0v) is 14.2. The maximum atomic E-state index is 12.4. The second-order valence-electron chi connectivity index (χ2n) is 6.72. The van der Waals surface area contributed by atoms with Crippen LogP contribution in [-0.4, -0.2) is 35.1 Å². The largest absolute Gasteiger partial charge is 0.471 e. The van der Waals surface area contributed by atoms with Gasteiger partial charge in [0.1, 0.15) is 5.69 Å². The van der Waals surface area contributed by atoms with Crippen LogP contribution in [-0.2, 0) is 4.79 Å². The number of halogens is 3. The molecule has 1 aliphatic rings. The summed E-state index contributed by atoms with van der Waals surface area (Å²) in [5.41, 5.74) is 2.42. The maximum absolute atomic E-state index is 12.4. The molecule has 2 amide bonds. The van der Waals surface area contributed by atoms with Gasteiger partial charge in [0.25, 0.3) is 5.91 Å². The summed E-state index contributed by atoms with van der Waals surface area (Å²) in [6, 6.07) is 6.96. The third-order valence-electron chi connectivity index (χ3n) is 4.76. The third kappa shape index (κ3) is 4.00. The second-order valence-corrected chi connectivity index (χ2v) is 6.72. The highest BCUT2D eigenvalue weighted by molar-refractivity contribution is 5.98. The first-order valence-corrected chi connectivity index (χ1v) is 8.51. The number of aromatic amines is 1. The van der Waals surface area contributed by atoms with Crippen LogP contribution in [0.25, 0.3) is 10.9 Å². The molecule has 5 nitrogen and oxygen atoms in total. The van der Waals surface area contributed by atoms with E-state index in [0.717, 1.165) is 16.5 Å². The van der Waals surface area contributed by atoms with Gasteiger partial charge in [-0.25, -0.2) is 0 Å². The molecule has 2 aromatic rings. The van der Waals surface area contributed by atoms with E-state index in [2.05, 4.69) is 10.3 Å². The lowest BCUT2D eigenvalue weighted by molar-refractivity contribution is -0.174. The van der Waals surface area contributed by atoms with Crippen LogP contribution in [0.1, 0.15) is 41.7 Å². The molecule has 1 saturated carbocycles. The fourth-order valence-electron chi connectivity index (χ4n) is 3.34. The number of para-hydroxylation sites is 1. The lowest BCUT2D eigenvalue weighted by Gasteiger charge is -2.29. The third-order valence-corrected chi connectivity index (χ3v) is 4.76. The highest BCUT2D eigenvalue weighted by Crippen LogP contribution is 2.23. The van der Waals surface area contributed by atoms with E-state index in [1.807, 2.05) is 30.4 Å². The fraction of sp³-hybridized carbons (Fsp3) is 0.444. The van der Waals surface area contributed by atoms with Crippen molar-refractivity contribution >= 4 is 22.7 Å². The van der Waals surface area contributed by atoms with Crippen LogP contribution < -0.4 is 10.6 Å². The highest BCUT2D eigenvalue weighted by atomic mass is 19.4. The van der Waals surface area contributed by atoms with Crippen LogP contribution in [0, 0.1) is 6.92 Å². The number of hydrogen-bond acceptors (Lipinski definition) is 2. The first-order chi connectivity index (χ1) is 12.2. The van der Waals surface area contributed by atoms with Crippen LogP contribution in [0.3, 0.4) is 0 Å². The van der Waals surface area contributed by atoms with Crippen LogP contribution in [0.2, 0.25) is 0 Å². The number of rotatable bonds is 3. The molecular formula is C18H20F3N3O2. The Morgan fingerprint density at radius 3 is 2.27 bits per heavy atom. The van der Waals surface area contributed by atoms with Crippen molar-refractivity contribution in [3.05, 3.63) is 35.5 Å². The summed E-state index contributed by atoms with van der Waals surface area (Å²) in [6.07, 6.45) is -3.02. The van der Waals surface area contributed by atoms with E-state index in [9.17, 15) is 22.8 Å². The summed E-state index contributed by atoms with van der Waals surface area (Å²) in [7, 11) is 0. The van der Waals surface area contributed by atoms with Crippen LogP contribution in [0.5, 0.6) is 0 Å². The van der Waals surface area contributed by atoms with E-state index in [1.165, 1.54) is 0 Å². The quantitative estimate of drug-likeness (QED) is 0.779. The summed E-state index contributed by atoms with van der Waals surface area (Å²) in [5, 5.41) is 5.87. The molecule has 0 spiro atoms. The number of hydrogen-bond donors (Lipinski definition) is 3. The lowest BCUT2D eigenvalue weighted by Crippen LogP contribution is -2.47. The number of nitrogens with one attached hydrogen (secondary N) is 3. The monoisotopic (exact) mass is 367 g/mol. The van der Waals surface area contributed by atoms with Gasteiger partial charge in [0.2, 0.25) is 0 Å². The number of aromatic nitrogens is 1. The number of benzene rings is 1. The summed E-state index contributed by atoms with van der Waals surface area (Å²) in [5.74, 6) is -2.14. The number of H-pyrrole nitrogens is 1. The Morgan fingerprint density at radius 2 is 1.69 bits per heavy atom. The molecule has 3 N–H and O–H groups in total. The van der Waals surface area contributed by atoms with Crippen LogP contribution in [0.15, 0.2) is 24.3 Å². The molecule has 8 heteroatoms. The minimum absolute atomic E-state index is 0.117. The zero-order chi connectivity index (χ0) is 18.9. The van der Waals surface area contributed by atoms with E-state index >= 15 is 0 Å². The van der Waals surface area contributed by atoms with E-state index in [-0.39, 0.29) is 11.9 Å². The summed E-state index contributed by atoms with van der Waals surface area (Å²) < 4.78 is 36.9. The van der Waals surface area contributed by atoms with Gasteiger partial charge in [0, 0.05) is 23.0 Å². The topological polar surface area (TPSA) is 74.0 Å². The number of amides is 2. The molecular weight excluding hydrogens is 347 g/mol. The van der Waals surface area contributed by atoms with Gasteiger partial charge in [-0.2, -0.15) is 13.2 Å². The molecule has 1 aromatic heterocycles. The Balaban J connectivity index is 1.54. The highest BCUT2D eigenvalue weighted by Gasteiger charge is 2.40. The Bertz CT molecular complexity index is 821. The Kier molecular flexibility index (Phi) is 4.93. The lowest BCUT2D eigenvalue weighted by atomic mass is 9.91. The molecule has 1 heterocycles. The first kappa shape index (κ1) is 18.3. The molecule has 0 saturated heterocycles. The molecule has 0 atom stereocenters. The molecule has 26 heavy (non-hydrogen) atoms. The van der Waals surface area contributed by atoms with Gasteiger partial charge < -0.3 is 15.6 Å². The van der Waals surface area contributed by atoms with Gasteiger partial charge in [-0.15, -0.1) is 0 Å². The molecule has 1 aliphatic carbocycles. The first-order valence-electron chi connectivity index (χ1n) is 8.51. The smallest absolute Gasteiger partial charge is 0.350 e. The Hall–Kier alpha value is -2.51. The Labute approximate surface area is 148 Å². The van der Waals surface area contributed by atoms with Crippen molar-refractivity contribution in [1.29, 1.82) is 0 Å². The van der Waals surface area contributed by atoms with E-state index in [0.29, 0.717) is 31.4 Å². The predicted molar refractivity (Wildman–Crippen MR) is 90.7 cm³/mol. The van der Waals surface area contributed by atoms with Crippen molar-refractivity contribution in [3.63, 3.8) is 0 Å². The molecule has 140 valence electrons. The molecule has 0 aliphatic heterocycles. The van der Waals surface area contributed by atoms with Gasteiger partial charge in [-0.1, -0.05) is 18.2 Å². The second kappa shape index (κ2) is 7.01. The minimum atomic E-state index is -4.86. The maximum Gasteiger partial charge on any atom is 0.471 e. The number of carbonyl (C=O) groups is 2. The average Bonchev–Trinajstić information content (AvgIpc) is 3.01. The van der Waals surface area contributed by atoms with E-state index in [4.69, 9.17) is 0 Å². The standard InChI is InChI=1S/C18H20F3N3O2/c1-10-3-2-4-11-9-14(24-15(10)11)16(25)22-12-5-7-13(8-6-12)23-17(26)18(19,20)21/h2-4,9,12-13,24H,5-8H2,1H3,(H,22,25)(H,23,26)/t12-,13-. The number of fused-ring (bicyclic) bond motifs is 1. The van der Waals surface area contributed by atoms with Crippen molar-refractivity contribution in [1.82, 2.24) is 15.6 Å². The zero-order valence-electron chi connectivity index (χ0n) is 14.2. The SMILES string of the molecule is Cc1cccc2cc(C(=O)N[C@H]3CC[C@H](NC(=O)C(F)(F)F)CC3)[nH]c12. The van der Waals surface area contributed by atoms with E-state index in [1.54, 1.807) is 6.07 Å². The predicted octanol–water partition coefficient (Wildman–Crippen LogP) is 3.20. The number of alkyl halides is 3. The van der Waals surface area contributed by atoms with Crippen molar-refractivity contribution in [2.24, 2.45) is 0 Å². The normalized spacial score (nSPS) is 20.8.